The van der Waals surface area contributed by atoms with Crippen molar-refractivity contribution in [2.45, 2.75) is 29.1 Å². The standard InChI is InChI=1S/C16H15BrN2OS/c17-15-9-13(6-7-14(15)16(18)19-20)21-12-5-4-10-2-1-3-11(10)8-12/h4-9,20H,1-3H2,(H2,18,19). The average molecular weight is 363 g/mol. The van der Waals surface area contributed by atoms with E-state index in [0.717, 1.165) is 9.37 Å². The highest BCUT2D eigenvalue weighted by Gasteiger charge is 2.12. The first-order valence-corrected chi connectivity index (χ1v) is 8.35. The van der Waals surface area contributed by atoms with Gasteiger partial charge < -0.3 is 10.9 Å². The zero-order valence-electron chi connectivity index (χ0n) is 11.3. The van der Waals surface area contributed by atoms with Crippen LogP contribution >= 0.6 is 27.7 Å². The van der Waals surface area contributed by atoms with Gasteiger partial charge in [-0.05, 0) is 76.7 Å². The van der Waals surface area contributed by atoms with Crippen LogP contribution in [0.3, 0.4) is 0 Å². The van der Waals surface area contributed by atoms with Crippen LogP contribution in [0.2, 0.25) is 0 Å². The maximum atomic E-state index is 8.74. The highest BCUT2D eigenvalue weighted by Crippen LogP contribution is 2.33. The van der Waals surface area contributed by atoms with Gasteiger partial charge in [0.05, 0.1) is 0 Å². The average Bonchev–Trinajstić information content (AvgIpc) is 2.94. The van der Waals surface area contributed by atoms with Crippen molar-refractivity contribution in [3.05, 3.63) is 57.6 Å². The van der Waals surface area contributed by atoms with Crippen LogP contribution in [0.15, 0.2) is 55.8 Å². The monoisotopic (exact) mass is 362 g/mol. The fourth-order valence-corrected chi connectivity index (χ4v) is 4.22. The Hall–Kier alpha value is -1.46. The topological polar surface area (TPSA) is 58.6 Å². The van der Waals surface area contributed by atoms with Crippen LogP contribution in [0.5, 0.6) is 0 Å². The van der Waals surface area contributed by atoms with Gasteiger partial charge in [0.15, 0.2) is 5.84 Å². The zero-order chi connectivity index (χ0) is 14.8. The van der Waals surface area contributed by atoms with Crippen LogP contribution in [0.1, 0.15) is 23.1 Å². The molecule has 0 saturated heterocycles. The minimum Gasteiger partial charge on any atom is -0.409 e. The van der Waals surface area contributed by atoms with E-state index in [2.05, 4.69) is 39.3 Å². The summed E-state index contributed by atoms with van der Waals surface area (Å²) in [6, 6.07) is 12.5. The van der Waals surface area contributed by atoms with Gasteiger partial charge in [-0.3, -0.25) is 0 Å². The molecule has 2 aromatic rings. The number of fused-ring (bicyclic) bond motifs is 1. The summed E-state index contributed by atoms with van der Waals surface area (Å²) < 4.78 is 0.823. The Morgan fingerprint density at radius 1 is 1.10 bits per heavy atom. The Morgan fingerprint density at radius 2 is 1.81 bits per heavy atom. The molecule has 0 heterocycles. The minimum atomic E-state index is 0.107. The van der Waals surface area contributed by atoms with Crippen LogP contribution in [0.25, 0.3) is 0 Å². The lowest BCUT2D eigenvalue weighted by Crippen LogP contribution is -2.13. The van der Waals surface area contributed by atoms with Crippen molar-refractivity contribution in [2.24, 2.45) is 10.9 Å². The second kappa shape index (κ2) is 6.12. The van der Waals surface area contributed by atoms with E-state index in [1.54, 1.807) is 11.8 Å². The Bertz CT molecular complexity index is 715. The number of benzene rings is 2. The molecule has 0 aliphatic heterocycles. The number of hydrogen-bond acceptors (Lipinski definition) is 3. The van der Waals surface area contributed by atoms with Gasteiger partial charge >= 0.3 is 0 Å². The van der Waals surface area contributed by atoms with E-state index >= 15 is 0 Å². The third kappa shape index (κ3) is 3.09. The lowest BCUT2D eigenvalue weighted by molar-refractivity contribution is 0.318. The summed E-state index contributed by atoms with van der Waals surface area (Å²) in [6.45, 7) is 0. The van der Waals surface area contributed by atoms with Crippen molar-refractivity contribution in [1.29, 1.82) is 0 Å². The molecule has 1 aliphatic carbocycles. The normalized spacial score (nSPS) is 14.2. The van der Waals surface area contributed by atoms with E-state index < -0.39 is 0 Å². The SMILES string of the molecule is N/C(=N/O)c1ccc(Sc2ccc3c(c2)CCC3)cc1Br. The minimum absolute atomic E-state index is 0.107. The highest BCUT2D eigenvalue weighted by atomic mass is 79.9. The molecule has 3 N–H and O–H groups in total. The van der Waals surface area contributed by atoms with Gasteiger partial charge in [-0.2, -0.15) is 0 Å². The summed E-state index contributed by atoms with van der Waals surface area (Å²) in [6.07, 6.45) is 3.67. The lowest BCUT2D eigenvalue weighted by atomic mass is 10.1. The third-order valence-corrected chi connectivity index (χ3v) is 5.27. The predicted octanol–water partition coefficient (Wildman–Crippen LogP) is 4.18. The highest BCUT2D eigenvalue weighted by molar-refractivity contribution is 9.10. The Labute approximate surface area is 136 Å². The molecule has 0 spiro atoms. The Morgan fingerprint density at radius 3 is 2.57 bits per heavy atom. The molecular formula is C16H15BrN2OS. The molecule has 0 amide bonds. The first-order valence-electron chi connectivity index (χ1n) is 6.74. The number of aryl methyl sites for hydroxylation is 2. The van der Waals surface area contributed by atoms with E-state index in [0.29, 0.717) is 5.56 Å². The van der Waals surface area contributed by atoms with Gasteiger partial charge in [0.1, 0.15) is 0 Å². The van der Waals surface area contributed by atoms with Crippen molar-refractivity contribution < 1.29 is 5.21 Å². The predicted molar refractivity (Wildman–Crippen MR) is 89.2 cm³/mol. The van der Waals surface area contributed by atoms with Crippen LogP contribution < -0.4 is 5.73 Å². The summed E-state index contributed by atoms with van der Waals surface area (Å²) in [5.74, 6) is 0.107. The maximum absolute atomic E-state index is 8.74. The molecule has 0 saturated carbocycles. The first kappa shape index (κ1) is 14.5. The molecule has 3 nitrogen and oxygen atoms in total. The maximum Gasteiger partial charge on any atom is 0.171 e. The smallest absolute Gasteiger partial charge is 0.171 e. The van der Waals surface area contributed by atoms with E-state index in [1.807, 2.05) is 18.2 Å². The molecule has 108 valence electrons. The summed E-state index contributed by atoms with van der Waals surface area (Å²) in [5.41, 5.74) is 9.28. The van der Waals surface area contributed by atoms with Crippen LogP contribution in [0.4, 0.5) is 0 Å². The number of halogens is 1. The number of hydrogen-bond donors (Lipinski definition) is 2. The van der Waals surface area contributed by atoms with Gasteiger partial charge in [-0.1, -0.05) is 23.0 Å². The molecule has 2 aromatic carbocycles. The van der Waals surface area contributed by atoms with Gasteiger partial charge in [0, 0.05) is 19.8 Å². The molecule has 0 unspecified atom stereocenters. The van der Waals surface area contributed by atoms with E-state index in [1.165, 1.54) is 35.3 Å². The van der Waals surface area contributed by atoms with Crippen LogP contribution in [-0.2, 0) is 12.8 Å². The molecule has 0 fully saturated rings. The van der Waals surface area contributed by atoms with Crippen molar-refractivity contribution >= 4 is 33.5 Å². The summed E-state index contributed by atoms with van der Waals surface area (Å²) >= 11 is 5.19. The van der Waals surface area contributed by atoms with E-state index in [9.17, 15) is 0 Å². The number of oxime groups is 1. The van der Waals surface area contributed by atoms with Crippen molar-refractivity contribution in [3.8, 4) is 0 Å². The third-order valence-electron chi connectivity index (χ3n) is 3.63. The van der Waals surface area contributed by atoms with E-state index in [-0.39, 0.29) is 5.84 Å². The number of amidine groups is 1. The molecule has 0 bridgehead atoms. The largest absolute Gasteiger partial charge is 0.409 e. The summed E-state index contributed by atoms with van der Waals surface area (Å²) in [5, 5.41) is 11.8. The number of nitrogens with zero attached hydrogens (tertiary/aromatic N) is 1. The summed E-state index contributed by atoms with van der Waals surface area (Å²) in [4.78, 5) is 2.37. The molecule has 0 aromatic heterocycles. The quantitative estimate of drug-likeness (QED) is 0.372. The molecular weight excluding hydrogens is 348 g/mol. The second-order valence-electron chi connectivity index (χ2n) is 5.01. The first-order chi connectivity index (χ1) is 10.2. The molecule has 1 aliphatic rings. The zero-order valence-corrected chi connectivity index (χ0v) is 13.7. The van der Waals surface area contributed by atoms with Gasteiger partial charge in [0.2, 0.25) is 0 Å². The molecule has 3 rings (SSSR count). The van der Waals surface area contributed by atoms with Gasteiger partial charge in [0.25, 0.3) is 0 Å². The van der Waals surface area contributed by atoms with Crippen molar-refractivity contribution in [2.75, 3.05) is 0 Å². The Balaban J connectivity index is 1.84. The summed E-state index contributed by atoms with van der Waals surface area (Å²) in [7, 11) is 0. The fourth-order valence-electron chi connectivity index (χ4n) is 2.57. The Kier molecular flexibility index (Phi) is 4.22. The molecule has 21 heavy (non-hydrogen) atoms. The van der Waals surface area contributed by atoms with Gasteiger partial charge in [-0.25, -0.2) is 0 Å². The van der Waals surface area contributed by atoms with Crippen LogP contribution in [-0.4, -0.2) is 11.0 Å². The number of rotatable bonds is 3. The molecule has 0 atom stereocenters. The van der Waals surface area contributed by atoms with Gasteiger partial charge in [-0.15, -0.1) is 0 Å². The number of nitrogens with two attached hydrogens (primary N) is 1. The van der Waals surface area contributed by atoms with Crippen LogP contribution in [0, 0.1) is 0 Å². The molecule has 0 radical (unpaired) electrons. The lowest BCUT2D eigenvalue weighted by Gasteiger charge is -2.07. The molecule has 5 heteroatoms. The fraction of sp³-hybridized carbons (Fsp3) is 0.188. The van der Waals surface area contributed by atoms with Crippen molar-refractivity contribution in [3.63, 3.8) is 0 Å². The second-order valence-corrected chi connectivity index (χ2v) is 7.01. The van der Waals surface area contributed by atoms with E-state index in [4.69, 9.17) is 10.9 Å². The van der Waals surface area contributed by atoms with Crippen molar-refractivity contribution in [1.82, 2.24) is 0 Å².